The minimum atomic E-state index is -3.87. The number of oxazole rings is 1. The molecule has 0 saturated heterocycles. The van der Waals surface area contributed by atoms with Gasteiger partial charge in [-0.3, -0.25) is 9.29 Å². The van der Waals surface area contributed by atoms with E-state index < -0.39 is 15.8 Å². The number of sulfonamides is 1. The van der Waals surface area contributed by atoms with Gasteiger partial charge >= 0.3 is 5.76 Å². The lowest BCUT2D eigenvalue weighted by Gasteiger charge is -2.13. The van der Waals surface area contributed by atoms with E-state index in [1.54, 1.807) is 6.92 Å². The van der Waals surface area contributed by atoms with Crippen LogP contribution in [0.3, 0.4) is 0 Å². The molecule has 10 heteroatoms. The predicted molar refractivity (Wildman–Crippen MR) is 105 cm³/mol. The van der Waals surface area contributed by atoms with Gasteiger partial charge < -0.3 is 8.94 Å². The number of para-hydroxylation sites is 1. The normalized spacial score (nSPS) is 11.8. The molecule has 4 aromatic rings. The predicted octanol–water partition coefficient (Wildman–Crippen LogP) is 2.75. The molecule has 9 nitrogen and oxygen atoms in total. The summed E-state index contributed by atoms with van der Waals surface area (Å²) in [5.41, 5.74) is 2.73. The lowest BCUT2D eigenvalue weighted by Crippen LogP contribution is -2.16. The number of nitrogens with zero attached hydrogens (tertiary/aromatic N) is 3. The Balaban J connectivity index is 1.71. The fourth-order valence-electron chi connectivity index (χ4n) is 3.08. The van der Waals surface area contributed by atoms with Crippen LogP contribution in [-0.2, 0) is 16.6 Å². The summed E-state index contributed by atoms with van der Waals surface area (Å²) in [6.45, 7) is 5.35. The van der Waals surface area contributed by atoms with Gasteiger partial charge in [-0.05, 0) is 37.1 Å². The average molecular weight is 414 g/mol. The topological polar surface area (TPSA) is 120 Å². The number of anilines is 1. The molecule has 1 N–H and O–H groups in total. The molecule has 0 radical (unpaired) electrons. The van der Waals surface area contributed by atoms with Crippen LogP contribution in [0.5, 0.6) is 0 Å². The van der Waals surface area contributed by atoms with Gasteiger partial charge in [0.15, 0.2) is 11.4 Å². The second-order valence-electron chi connectivity index (χ2n) is 6.69. The number of nitrogens with one attached hydrogen (secondary N) is 1. The Morgan fingerprint density at radius 1 is 1.10 bits per heavy atom. The van der Waals surface area contributed by atoms with Gasteiger partial charge in [0.2, 0.25) is 5.89 Å². The summed E-state index contributed by atoms with van der Waals surface area (Å²) in [5, 5.41) is 3.77. The average Bonchev–Trinajstić information content (AvgIpc) is 3.21. The third-order valence-electron chi connectivity index (χ3n) is 4.54. The fourth-order valence-corrected chi connectivity index (χ4v) is 4.30. The van der Waals surface area contributed by atoms with Crippen LogP contribution >= 0.6 is 0 Å². The maximum absolute atomic E-state index is 12.9. The van der Waals surface area contributed by atoms with Crippen molar-refractivity contribution in [2.24, 2.45) is 0 Å². The van der Waals surface area contributed by atoms with Gasteiger partial charge in [0.05, 0.1) is 22.6 Å². The fraction of sp³-hybridized carbons (Fsp3) is 0.211. The van der Waals surface area contributed by atoms with Gasteiger partial charge in [-0.2, -0.15) is 4.98 Å². The van der Waals surface area contributed by atoms with Crippen molar-refractivity contribution in [3.8, 4) is 0 Å². The molecule has 0 fully saturated rings. The van der Waals surface area contributed by atoms with E-state index in [-0.39, 0.29) is 17.0 Å². The molecule has 2 aromatic carbocycles. The van der Waals surface area contributed by atoms with Crippen LogP contribution in [0.1, 0.15) is 22.8 Å². The summed E-state index contributed by atoms with van der Waals surface area (Å²) in [5.74, 6) is 0.0622. The largest absolute Gasteiger partial charge is 0.420 e. The van der Waals surface area contributed by atoms with E-state index in [1.807, 2.05) is 32.0 Å². The van der Waals surface area contributed by atoms with Gasteiger partial charge in [-0.15, -0.1) is 0 Å². The number of rotatable bonds is 5. The quantitative estimate of drug-likeness (QED) is 0.533. The SMILES string of the molecule is Cc1nc(Cn2c(=O)oc3cc(S(=O)(=O)Nc4c(C)cccc4C)ccc32)no1. The molecular formula is C19H18N4O5S. The second kappa shape index (κ2) is 6.89. The zero-order valence-electron chi connectivity index (χ0n) is 16.0. The molecule has 0 aliphatic heterocycles. The molecule has 2 aromatic heterocycles. The molecule has 0 unspecified atom stereocenters. The lowest BCUT2D eigenvalue weighted by atomic mass is 10.1. The molecule has 0 amide bonds. The third-order valence-corrected chi connectivity index (χ3v) is 5.88. The van der Waals surface area contributed by atoms with Crippen LogP contribution < -0.4 is 10.5 Å². The maximum atomic E-state index is 12.9. The Morgan fingerprint density at radius 3 is 2.48 bits per heavy atom. The van der Waals surface area contributed by atoms with E-state index in [0.29, 0.717) is 22.9 Å². The number of benzene rings is 2. The Kier molecular flexibility index (Phi) is 4.50. The van der Waals surface area contributed by atoms with Crippen LogP contribution in [0.25, 0.3) is 11.1 Å². The van der Waals surface area contributed by atoms with E-state index in [1.165, 1.54) is 22.8 Å². The van der Waals surface area contributed by atoms with Crippen molar-refractivity contribution < 1.29 is 17.4 Å². The molecule has 2 heterocycles. The highest BCUT2D eigenvalue weighted by Crippen LogP contribution is 2.25. The Morgan fingerprint density at radius 2 is 1.83 bits per heavy atom. The third kappa shape index (κ3) is 3.54. The Hall–Kier alpha value is -3.40. The van der Waals surface area contributed by atoms with Gasteiger partial charge in [0, 0.05) is 13.0 Å². The molecule has 4 rings (SSSR count). The van der Waals surface area contributed by atoms with Crippen molar-refractivity contribution in [2.75, 3.05) is 4.72 Å². The van der Waals surface area contributed by atoms with E-state index >= 15 is 0 Å². The van der Waals surface area contributed by atoms with E-state index in [9.17, 15) is 13.2 Å². The maximum Gasteiger partial charge on any atom is 0.420 e. The van der Waals surface area contributed by atoms with Crippen molar-refractivity contribution in [3.63, 3.8) is 0 Å². The van der Waals surface area contributed by atoms with Crippen LogP contribution in [0.2, 0.25) is 0 Å². The van der Waals surface area contributed by atoms with Crippen molar-refractivity contribution in [1.82, 2.24) is 14.7 Å². The first-order chi connectivity index (χ1) is 13.7. The molecule has 0 atom stereocenters. The van der Waals surface area contributed by atoms with Gasteiger partial charge in [0.25, 0.3) is 10.0 Å². The summed E-state index contributed by atoms with van der Waals surface area (Å²) in [7, 11) is -3.87. The van der Waals surface area contributed by atoms with Crippen LogP contribution in [0.4, 0.5) is 5.69 Å². The highest BCUT2D eigenvalue weighted by molar-refractivity contribution is 7.92. The minimum absolute atomic E-state index is 0.0102. The zero-order chi connectivity index (χ0) is 20.8. The van der Waals surface area contributed by atoms with Gasteiger partial charge in [0.1, 0.15) is 0 Å². The molecule has 0 aliphatic rings. The zero-order valence-corrected chi connectivity index (χ0v) is 16.8. The van der Waals surface area contributed by atoms with Crippen LogP contribution in [-0.4, -0.2) is 23.1 Å². The first-order valence-electron chi connectivity index (χ1n) is 8.76. The molecule has 0 spiro atoms. The van der Waals surface area contributed by atoms with Crippen molar-refractivity contribution in [3.05, 3.63) is 69.8 Å². The summed E-state index contributed by atoms with van der Waals surface area (Å²) >= 11 is 0. The summed E-state index contributed by atoms with van der Waals surface area (Å²) in [6.07, 6.45) is 0. The number of fused-ring (bicyclic) bond motifs is 1. The molecule has 29 heavy (non-hydrogen) atoms. The van der Waals surface area contributed by atoms with Gasteiger partial charge in [-0.1, -0.05) is 23.4 Å². The Labute approximate surface area is 166 Å². The summed E-state index contributed by atoms with van der Waals surface area (Å²) in [4.78, 5) is 16.3. The number of aromatic nitrogens is 3. The van der Waals surface area contributed by atoms with Crippen LogP contribution in [0, 0.1) is 20.8 Å². The van der Waals surface area contributed by atoms with E-state index in [4.69, 9.17) is 8.94 Å². The number of hydrogen-bond donors (Lipinski definition) is 1. The first kappa shape index (κ1) is 18.9. The highest BCUT2D eigenvalue weighted by Gasteiger charge is 2.20. The summed E-state index contributed by atoms with van der Waals surface area (Å²) in [6, 6.07) is 9.78. The molecule has 150 valence electrons. The van der Waals surface area contributed by atoms with Gasteiger partial charge in [-0.25, -0.2) is 13.2 Å². The first-order valence-corrected chi connectivity index (χ1v) is 10.2. The standard InChI is InChI=1S/C19H18N4O5S/c1-11-5-4-6-12(2)18(11)22-29(25,26)14-7-8-15-16(9-14)27-19(24)23(15)10-17-20-13(3)28-21-17/h4-9,22H,10H2,1-3H3. The molecule has 0 bridgehead atoms. The minimum Gasteiger partial charge on any atom is -0.408 e. The number of hydrogen-bond acceptors (Lipinski definition) is 7. The molecule has 0 saturated carbocycles. The summed E-state index contributed by atoms with van der Waals surface area (Å²) < 4.78 is 39.8. The van der Waals surface area contributed by atoms with E-state index in [0.717, 1.165) is 11.1 Å². The van der Waals surface area contributed by atoms with E-state index in [2.05, 4.69) is 14.9 Å². The Bertz CT molecular complexity index is 1360. The van der Waals surface area contributed by atoms with Crippen molar-refractivity contribution in [2.45, 2.75) is 32.2 Å². The van der Waals surface area contributed by atoms with Crippen molar-refractivity contribution >= 4 is 26.8 Å². The van der Waals surface area contributed by atoms with Crippen molar-refractivity contribution in [1.29, 1.82) is 0 Å². The monoisotopic (exact) mass is 414 g/mol. The molecule has 0 aliphatic carbocycles. The number of aryl methyl sites for hydroxylation is 3. The highest BCUT2D eigenvalue weighted by atomic mass is 32.2. The lowest BCUT2D eigenvalue weighted by molar-refractivity contribution is 0.385. The second-order valence-corrected chi connectivity index (χ2v) is 8.37. The van der Waals surface area contributed by atoms with Crippen LogP contribution in [0.15, 0.2) is 55.0 Å². The smallest absolute Gasteiger partial charge is 0.408 e. The molecular weight excluding hydrogens is 396 g/mol.